The second-order valence-electron chi connectivity index (χ2n) is 3.21. The van der Waals surface area contributed by atoms with E-state index in [0.717, 1.165) is 6.07 Å². The molecule has 0 heterocycles. The van der Waals surface area contributed by atoms with Crippen molar-refractivity contribution in [3.8, 4) is 6.07 Å². The topological polar surface area (TPSA) is 104 Å². The fourth-order valence-corrected chi connectivity index (χ4v) is 1.62. The quantitative estimate of drug-likeness (QED) is 0.501. The van der Waals surface area contributed by atoms with Gasteiger partial charge in [0.25, 0.3) is 5.69 Å². The van der Waals surface area contributed by atoms with Crippen LogP contribution in [-0.4, -0.2) is 16.0 Å². The molecular weight excluding hydrogens is 248 g/mol. The number of hydrogen-bond donors (Lipinski definition) is 1. The largest absolute Gasteiger partial charge is 0.481 e. The molecule has 0 aliphatic rings. The van der Waals surface area contributed by atoms with Crippen molar-refractivity contribution in [3.63, 3.8) is 0 Å². The highest BCUT2D eigenvalue weighted by Crippen LogP contribution is 2.24. The number of carboxylic acid groups (broad SMARTS) is 1. The molecule has 0 spiro atoms. The Morgan fingerprint density at radius 3 is 2.59 bits per heavy atom. The minimum absolute atomic E-state index is 0.00467. The summed E-state index contributed by atoms with van der Waals surface area (Å²) in [5.41, 5.74) is 0.131. The van der Waals surface area contributed by atoms with Crippen LogP contribution in [0.15, 0.2) is 12.1 Å². The third-order valence-electron chi connectivity index (χ3n) is 2.12. The minimum atomic E-state index is -1.12. The summed E-state index contributed by atoms with van der Waals surface area (Å²) in [4.78, 5) is 20.6. The molecule has 1 aromatic rings. The monoisotopic (exact) mass is 254 g/mol. The van der Waals surface area contributed by atoms with Gasteiger partial charge in [0.1, 0.15) is 11.6 Å². The lowest BCUT2D eigenvalue weighted by Crippen LogP contribution is -2.05. The average Bonchev–Trinajstić information content (AvgIpc) is 2.27. The fraction of sp³-hybridized carbons (Fsp3) is 0.200. The van der Waals surface area contributed by atoms with E-state index in [9.17, 15) is 14.9 Å². The second kappa shape index (κ2) is 5.27. The summed E-state index contributed by atoms with van der Waals surface area (Å²) in [6.07, 6.45) is -0.366. The summed E-state index contributed by atoms with van der Waals surface area (Å²) < 4.78 is 0. The number of rotatable bonds is 4. The van der Waals surface area contributed by atoms with Crippen LogP contribution >= 0.6 is 11.6 Å². The van der Waals surface area contributed by atoms with Gasteiger partial charge in [0.05, 0.1) is 11.3 Å². The third-order valence-corrected chi connectivity index (χ3v) is 2.41. The molecule has 0 aliphatic heterocycles. The Labute approximate surface area is 101 Å². The van der Waals surface area contributed by atoms with Gasteiger partial charge in [-0.3, -0.25) is 14.9 Å². The summed E-state index contributed by atoms with van der Waals surface area (Å²) in [6.45, 7) is 0. The SMILES string of the molecule is N#Cc1cc(CCl)c(CC(=O)O)cc1[N+](=O)[O-]. The van der Waals surface area contributed by atoms with Gasteiger partial charge < -0.3 is 5.11 Å². The number of hydrogen-bond acceptors (Lipinski definition) is 4. The number of nitro groups is 1. The smallest absolute Gasteiger partial charge is 0.307 e. The van der Waals surface area contributed by atoms with Gasteiger partial charge in [-0.25, -0.2) is 0 Å². The van der Waals surface area contributed by atoms with Crippen LogP contribution in [0.5, 0.6) is 0 Å². The number of halogens is 1. The maximum atomic E-state index is 10.7. The maximum Gasteiger partial charge on any atom is 0.307 e. The van der Waals surface area contributed by atoms with Crippen LogP contribution in [0.1, 0.15) is 16.7 Å². The summed E-state index contributed by atoms with van der Waals surface area (Å²) in [5, 5.41) is 28.1. The molecule has 0 unspecified atom stereocenters. The number of carbonyl (C=O) groups is 1. The second-order valence-corrected chi connectivity index (χ2v) is 3.48. The van der Waals surface area contributed by atoms with E-state index in [1.54, 1.807) is 6.07 Å². The number of nitriles is 1. The fourth-order valence-electron chi connectivity index (χ4n) is 1.37. The number of aliphatic carboxylic acids is 1. The minimum Gasteiger partial charge on any atom is -0.481 e. The molecule has 1 aromatic carbocycles. The van der Waals surface area contributed by atoms with E-state index in [0.29, 0.717) is 5.56 Å². The van der Waals surface area contributed by atoms with Crippen LogP contribution in [0.3, 0.4) is 0 Å². The van der Waals surface area contributed by atoms with Crippen molar-refractivity contribution in [1.29, 1.82) is 5.26 Å². The normalized spacial score (nSPS) is 9.65. The van der Waals surface area contributed by atoms with Gasteiger partial charge in [-0.15, -0.1) is 11.6 Å². The van der Waals surface area contributed by atoms with Gasteiger partial charge >= 0.3 is 5.97 Å². The zero-order chi connectivity index (χ0) is 13.0. The molecule has 0 aliphatic carbocycles. The van der Waals surface area contributed by atoms with E-state index < -0.39 is 16.6 Å². The van der Waals surface area contributed by atoms with Crippen molar-refractivity contribution in [2.45, 2.75) is 12.3 Å². The highest BCUT2D eigenvalue weighted by atomic mass is 35.5. The lowest BCUT2D eigenvalue weighted by atomic mass is 10.0. The molecule has 7 heteroatoms. The van der Waals surface area contributed by atoms with E-state index in [-0.39, 0.29) is 23.4 Å². The molecule has 88 valence electrons. The first-order valence-corrected chi connectivity index (χ1v) is 5.01. The molecule has 0 fully saturated rings. The van der Waals surface area contributed by atoms with Crippen LogP contribution in [0.25, 0.3) is 0 Å². The Balaban J connectivity index is 3.40. The van der Waals surface area contributed by atoms with Crippen molar-refractivity contribution >= 4 is 23.3 Å². The Morgan fingerprint density at radius 1 is 1.53 bits per heavy atom. The molecule has 0 bridgehead atoms. The van der Waals surface area contributed by atoms with Crippen LogP contribution < -0.4 is 0 Å². The van der Waals surface area contributed by atoms with Gasteiger partial charge in [0, 0.05) is 11.9 Å². The lowest BCUT2D eigenvalue weighted by molar-refractivity contribution is -0.385. The first-order valence-electron chi connectivity index (χ1n) is 4.47. The molecule has 1 rings (SSSR count). The molecule has 6 nitrogen and oxygen atoms in total. The average molecular weight is 255 g/mol. The van der Waals surface area contributed by atoms with Crippen molar-refractivity contribution < 1.29 is 14.8 Å². The van der Waals surface area contributed by atoms with Crippen LogP contribution in [0.4, 0.5) is 5.69 Å². The van der Waals surface area contributed by atoms with E-state index >= 15 is 0 Å². The molecule has 0 atom stereocenters. The van der Waals surface area contributed by atoms with Gasteiger partial charge in [0.15, 0.2) is 0 Å². The predicted molar refractivity (Wildman–Crippen MR) is 58.7 cm³/mol. The zero-order valence-electron chi connectivity index (χ0n) is 8.51. The van der Waals surface area contributed by atoms with Gasteiger partial charge in [-0.1, -0.05) is 0 Å². The lowest BCUT2D eigenvalue weighted by Gasteiger charge is -2.05. The molecule has 0 amide bonds. The van der Waals surface area contributed by atoms with Crippen LogP contribution in [0, 0.1) is 21.4 Å². The van der Waals surface area contributed by atoms with E-state index in [4.69, 9.17) is 22.0 Å². The van der Waals surface area contributed by atoms with Crippen LogP contribution in [-0.2, 0) is 17.1 Å². The Kier molecular flexibility index (Phi) is 4.01. The van der Waals surface area contributed by atoms with Crippen LogP contribution in [0.2, 0.25) is 0 Å². The molecule has 0 aromatic heterocycles. The Hall–Kier alpha value is -2.13. The third kappa shape index (κ3) is 2.92. The maximum absolute atomic E-state index is 10.7. The summed E-state index contributed by atoms with van der Waals surface area (Å²) in [7, 11) is 0. The van der Waals surface area contributed by atoms with E-state index in [2.05, 4.69) is 0 Å². The van der Waals surface area contributed by atoms with Crippen molar-refractivity contribution in [3.05, 3.63) is 38.9 Å². The highest BCUT2D eigenvalue weighted by molar-refractivity contribution is 6.17. The van der Waals surface area contributed by atoms with Gasteiger partial charge in [-0.2, -0.15) is 5.26 Å². The standard InChI is InChI=1S/C10H7ClN2O4/c11-4-7-1-8(5-12)9(13(16)17)2-6(7)3-10(14)15/h1-2H,3-4H2,(H,14,15). The molecule has 0 saturated heterocycles. The Morgan fingerprint density at radius 2 is 2.18 bits per heavy atom. The van der Waals surface area contributed by atoms with E-state index in [1.165, 1.54) is 6.07 Å². The molecule has 0 saturated carbocycles. The van der Waals surface area contributed by atoms with Gasteiger partial charge in [-0.05, 0) is 17.2 Å². The van der Waals surface area contributed by atoms with Gasteiger partial charge in [0.2, 0.25) is 0 Å². The Bertz CT molecular complexity index is 522. The highest BCUT2D eigenvalue weighted by Gasteiger charge is 2.18. The number of benzene rings is 1. The van der Waals surface area contributed by atoms with Crippen molar-refractivity contribution in [2.24, 2.45) is 0 Å². The number of alkyl halides is 1. The number of nitrogens with zero attached hydrogens (tertiary/aromatic N) is 2. The first kappa shape index (κ1) is 12.9. The number of nitro benzene ring substituents is 1. The predicted octanol–water partition coefficient (Wildman–Crippen LogP) is 1.83. The summed E-state index contributed by atoms with van der Waals surface area (Å²) >= 11 is 5.60. The summed E-state index contributed by atoms with van der Waals surface area (Å²) in [6, 6.07) is 4.03. The molecular formula is C10H7ClN2O4. The van der Waals surface area contributed by atoms with E-state index in [1.807, 2.05) is 0 Å². The summed E-state index contributed by atoms with van der Waals surface area (Å²) in [5.74, 6) is -1.12. The zero-order valence-corrected chi connectivity index (χ0v) is 9.27. The molecule has 17 heavy (non-hydrogen) atoms. The molecule has 1 N–H and O–H groups in total. The van der Waals surface area contributed by atoms with Crippen molar-refractivity contribution in [2.75, 3.05) is 0 Å². The first-order chi connectivity index (χ1) is 7.99. The van der Waals surface area contributed by atoms with Crippen molar-refractivity contribution in [1.82, 2.24) is 0 Å². The number of carboxylic acids is 1. The molecule has 0 radical (unpaired) electrons.